The predicted octanol–water partition coefficient (Wildman–Crippen LogP) is 0.716. The van der Waals surface area contributed by atoms with Gasteiger partial charge in [0, 0.05) is 0 Å². The second kappa shape index (κ2) is 5.90. The zero-order chi connectivity index (χ0) is 10.3. The van der Waals surface area contributed by atoms with Crippen molar-refractivity contribution in [1.29, 1.82) is 0 Å². The van der Waals surface area contributed by atoms with Crippen LogP contribution in [0.2, 0.25) is 0 Å². The van der Waals surface area contributed by atoms with Crippen LogP contribution in [0.4, 0.5) is 0 Å². The van der Waals surface area contributed by atoms with Crippen LogP contribution >= 0.6 is 11.3 Å². The number of aliphatic carboxylic acids is 2. The molecule has 0 saturated carbocycles. The van der Waals surface area contributed by atoms with Gasteiger partial charge in [0.2, 0.25) is 0 Å². The number of hydrogen-bond acceptors (Lipinski definition) is 4. The minimum absolute atomic E-state index is 0.792. The molecule has 6 heteroatoms. The molecule has 0 fully saturated rings. The van der Waals surface area contributed by atoms with Gasteiger partial charge in [-0.15, -0.1) is 11.3 Å². The van der Waals surface area contributed by atoms with Crippen LogP contribution in [0, 0.1) is 0 Å². The van der Waals surface area contributed by atoms with E-state index in [1.807, 2.05) is 11.4 Å². The van der Waals surface area contributed by atoms with Crippen molar-refractivity contribution in [3.63, 3.8) is 0 Å². The molecule has 13 heavy (non-hydrogen) atoms. The molecular formula is C7H6O5S. The Morgan fingerprint density at radius 2 is 1.85 bits per heavy atom. The minimum Gasteiger partial charge on any atom is -0.473 e. The molecular weight excluding hydrogens is 196 g/mol. The smallest absolute Gasteiger partial charge is 0.414 e. The molecule has 0 aromatic carbocycles. The Morgan fingerprint density at radius 1 is 1.31 bits per heavy atom. The highest BCUT2D eigenvalue weighted by Crippen LogP contribution is 2.03. The minimum atomic E-state index is -1.82. The molecule has 0 unspecified atom stereocenters. The summed E-state index contributed by atoms with van der Waals surface area (Å²) in [5.41, 5.74) is 0. The second-order valence-electron chi connectivity index (χ2n) is 1.74. The van der Waals surface area contributed by atoms with Gasteiger partial charge in [-0.25, -0.2) is 9.59 Å². The van der Waals surface area contributed by atoms with Crippen molar-refractivity contribution in [3.05, 3.63) is 22.4 Å². The lowest BCUT2D eigenvalue weighted by Crippen LogP contribution is -2.09. The van der Waals surface area contributed by atoms with E-state index in [0.29, 0.717) is 0 Å². The van der Waals surface area contributed by atoms with Crippen molar-refractivity contribution in [2.24, 2.45) is 0 Å². The molecule has 2 N–H and O–H groups in total. The fraction of sp³-hybridized carbons (Fsp3) is 0. The van der Waals surface area contributed by atoms with E-state index >= 15 is 0 Å². The van der Waals surface area contributed by atoms with Crippen molar-refractivity contribution in [2.45, 2.75) is 0 Å². The maximum Gasteiger partial charge on any atom is 0.414 e. The number of rotatable bonds is 1. The number of carbonyl (C=O) groups excluding carboxylic acids is 1. The van der Waals surface area contributed by atoms with E-state index in [9.17, 15) is 4.79 Å². The molecule has 0 aliphatic rings. The number of carboxylic acids is 2. The highest BCUT2D eigenvalue weighted by molar-refractivity contribution is 7.11. The highest BCUT2D eigenvalue weighted by atomic mass is 32.1. The monoisotopic (exact) mass is 202 g/mol. The van der Waals surface area contributed by atoms with Crippen LogP contribution < -0.4 is 0 Å². The zero-order valence-corrected chi connectivity index (χ0v) is 7.15. The fourth-order valence-electron chi connectivity index (χ4n) is 0.358. The van der Waals surface area contributed by atoms with Gasteiger partial charge >= 0.3 is 11.9 Å². The highest BCUT2D eigenvalue weighted by Gasteiger charge is 2.04. The topological polar surface area (TPSA) is 91.7 Å². The third kappa shape index (κ3) is 5.57. The summed E-state index contributed by atoms with van der Waals surface area (Å²) < 4.78 is 0. The van der Waals surface area contributed by atoms with Gasteiger partial charge in [0.05, 0.1) is 4.88 Å². The number of aldehydes is 1. The molecule has 0 amide bonds. The Balaban J connectivity index is 0.000000226. The van der Waals surface area contributed by atoms with Crippen molar-refractivity contribution < 1.29 is 24.6 Å². The first-order chi connectivity index (χ1) is 6.07. The molecule has 0 atom stereocenters. The van der Waals surface area contributed by atoms with Crippen LogP contribution in [0.5, 0.6) is 0 Å². The van der Waals surface area contributed by atoms with E-state index in [1.54, 1.807) is 6.07 Å². The van der Waals surface area contributed by atoms with Gasteiger partial charge in [0.1, 0.15) is 0 Å². The van der Waals surface area contributed by atoms with E-state index in [1.165, 1.54) is 11.3 Å². The van der Waals surface area contributed by atoms with Gasteiger partial charge in [0.15, 0.2) is 6.29 Å². The molecule has 0 saturated heterocycles. The molecule has 0 spiro atoms. The summed E-state index contributed by atoms with van der Waals surface area (Å²) in [4.78, 5) is 28.9. The van der Waals surface area contributed by atoms with Crippen LogP contribution in [-0.4, -0.2) is 28.4 Å². The Hall–Kier alpha value is -1.69. The standard InChI is InChI=1S/C5H4OS.C2H2O4/c6-4-5-2-1-3-7-5;3-1(4)2(5)6/h1-4H;(H,3,4)(H,5,6). The second-order valence-corrected chi connectivity index (χ2v) is 2.72. The Kier molecular flexibility index (Phi) is 5.13. The van der Waals surface area contributed by atoms with Gasteiger partial charge in [0.25, 0.3) is 0 Å². The van der Waals surface area contributed by atoms with Crippen LogP contribution in [-0.2, 0) is 9.59 Å². The van der Waals surface area contributed by atoms with Crippen LogP contribution in [0.25, 0.3) is 0 Å². The third-order valence-electron chi connectivity index (χ3n) is 0.842. The molecule has 1 aromatic rings. The lowest BCUT2D eigenvalue weighted by molar-refractivity contribution is -0.159. The van der Waals surface area contributed by atoms with Crippen molar-refractivity contribution in [2.75, 3.05) is 0 Å². The summed E-state index contributed by atoms with van der Waals surface area (Å²) in [7, 11) is 0. The van der Waals surface area contributed by atoms with Gasteiger partial charge in [-0.1, -0.05) is 6.07 Å². The average Bonchev–Trinajstić information content (AvgIpc) is 2.56. The van der Waals surface area contributed by atoms with E-state index in [2.05, 4.69) is 0 Å². The molecule has 1 heterocycles. The van der Waals surface area contributed by atoms with E-state index < -0.39 is 11.9 Å². The molecule has 1 aromatic heterocycles. The van der Waals surface area contributed by atoms with Crippen LogP contribution in [0.3, 0.4) is 0 Å². The number of carboxylic acid groups (broad SMARTS) is 2. The quantitative estimate of drug-likeness (QED) is 0.517. The molecule has 5 nitrogen and oxygen atoms in total. The molecule has 0 bridgehead atoms. The summed E-state index contributed by atoms with van der Waals surface area (Å²) in [6.07, 6.45) is 0.852. The van der Waals surface area contributed by atoms with Crippen LogP contribution in [0.1, 0.15) is 9.67 Å². The normalized spacial score (nSPS) is 8.00. The van der Waals surface area contributed by atoms with E-state index in [0.717, 1.165) is 11.2 Å². The Morgan fingerprint density at radius 3 is 2.00 bits per heavy atom. The average molecular weight is 202 g/mol. The first-order valence-electron chi connectivity index (χ1n) is 3.03. The van der Waals surface area contributed by atoms with E-state index in [-0.39, 0.29) is 0 Å². The molecule has 1 rings (SSSR count). The lowest BCUT2D eigenvalue weighted by atomic mass is 10.5. The van der Waals surface area contributed by atoms with Crippen LogP contribution in [0.15, 0.2) is 17.5 Å². The largest absolute Gasteiger partial charge is 0.473 e. The Bertz CT molecular complexity index is 278. The lowest BCUT2D eigenvalue weighted by Gasteiger charge is -1.72. The van der Waals surface area contributed by atoms with Gasteiger partial charge in [-0.3, -0.25) is 4.79 Å². The summed E-state index contributed by atoms with van der Waals surface area (Å²) >= 11 is 1.45. The predicted molar refractivity (Wildman–Crippen MR) is 45.0 cm³/mol. The molecule has 70 valence electrons. The fourth-order valence-corrected chi connectivity index (χ4v) is 0.885. The SMILES string of the molecule is O=C(O)C(=O)O.O=Cc1cccs1. The molecule has 0 aliphatic heterocycles. The van der Waals surface area contributed by atoms with Crippen molar-refractivity contribution >= 4 is 29.6 Å². The van der Waals surface area contributed by atoms with E-state index in [4.69, 9.17) is 19.8 Å². The number of thiophene rings is 1. The zero-order valence-electron chi connectivity index (χ0n) is 6.34. The Labute approximate surface area is 77.2 Å². The molecule has 0 aliphatic carbocycles. The maximum atomic E-state index is 9.88. The first-order valence-corrected chi connectivity index (χ1v) is 3.90. The number of carbonyl (C=O) groups is 3. The van der Waals surface area contributed by atoms with Crippen molar-refractivity contribution in [3.8, 4) is 0 Å². The first kappa shape index (κ1) is 11.3. The summed E-state index contributed by atoms with van der Waals surface area (Å²) in [6.45, 7) is 0. The summed E-state index contributed by atoms with van der Waals surface area (Å²) in [5.74, 6) is -3.65. The maximum absolute atomic E-state index is 9.88. The van der Waals surface area contributed by atoms with Gasteiger partial charge in [-0.2, -0.15) is 0 Å². The van der Waals surface area contributed by atoms with Gasteiger partial charge in [-0.05, 0) is 11.4 Å². The summed E-state index contributed by atoms with van der Waals surface area (Å²) in [5, 5.41) is 16.7. The number of hydrogen-bond donors (Lipinski definition) is 2. The van der Waals surface area contributed by atoms with Crippen molar-refractivity contribution in [1.82, 2.24) is 0 Å². The summed E-state index contributed by atoms with van der Waals surface area (Å²) in [6, 6.07) is 3.64. The molecule has 0 radical (unpaired) electrons. The third-order valence-corrected chi connectivity index (χ3v) is 1.64. The van der Waals surface area contributed by atoms with Gasteiger partial charge < -0.3 is 10.2 Å².